The van der Waals surface area contributed by atoms with Gasteiger partial charge in [-0.1, -0.05) is 6.92 Å². The van der Waals surface area contributed by atoms with Gasteiger partial charge in [-0.2, -0.15) is 11.8 Å². The van der Waals surface area contributed by atoms with Gasteiger partial charge in [-0.25, -0.2) is 4.98 Å². The summed E-state index contributed by atoms with van der Waals surface area (Å²) < 4.78 is 2.31. The van der Waals surface area contributed by atoms with Gasteiger partial charge >= 0.3 is 0 Å². The van der Waals surface area contributed by atoms with E-state index >= 15 is 0 Å². The highest BCUT2D eigenvalue weighted by Gasteiger charge is 2.17. The van der Waals surface area contributed by atoms with Crippen LogP contribution in [-0.2, 0) is 0 Å². The molecule has 1 aromatic heterocycles. The molecule has 0 unspecified atom stereocenters. The molecule has 0 amide bonds. The first kappa shape index (κ1) is 10.9. The van der Waals surface area contributed by atoms with E-state index in [0.29, 0.717) is 6.04 Å². The van der Waals surface area contributed by atoms with Crippen molar-refractivity contribution in [2.75, 3.05) is 23.4 Å². The van der Waals surface area contributed by atoms with Gasteiger partial charge in [0.25, 0.3) is 0 Å². The third-order valence-electron chi connectivity index (χ3n) is 2.79. The van der Waals surface area contributed by atoms with Crippen LogP contribution in [0.5, 0.6) is 0 Å². The Balaban J connectivity index is 2.02. The number of thioether (sulfide) groups is 1. The van der Waals surface area contributed by atoms with E-state index in [1.54, 1.807) is 0 Å². The molecule has 0 aromatic carbocycles. The van der Waals surface area contributed by atoms with E-state index in [2.05, 4.69) is 39.8 Å². The van der Waals surface area contributed by atoms with E-state index in [9.17, 15) is 0 Å². The highest BCUT2D eigenvalue weighted by Crippen LogP contribution is 2.28. The maximum absolute atomic E-state index is 4.37. The first-order valence-corrected chi connectivity index (χ1v) is 6.91. The minimum absolute atomic E-state index is 0.660. The predicted molar refractivity (Wildman–Crippen MR) is 66.6 cm³/mol. The molecule has 0 aliphatic carbocycles. The van der Waals surface area contributed by atoms with Crippen LogP contribution < -0.4 is 5.32 Å². The second kappa shape index (κ2) is 5.45. The molecule has 0 atom stereocenters. The molecule has 1 aromatic rings. The van der Waals surface area contributed by atoms with E-state index in [4.69, 9.17) is 0 Å². The van der Waals surface area contributed by atoms with Gasteiger partial charge < -0.3 is 9.88 Å². The van der Waals surface area contributed by atoms with Crippen LogP contribution >= 0.6 is 11.8 Å². The molecule has 84 valence electrons. The van der Waals surface area contributed by atoms with Crippen LogP contribution in [0.1, 0.15) is 32.2 Å². The molecular weight excluding hydrogens is 206 g/mol. The minimum Gasteiger partial charge on any atom is -0.356 e. The van der Waals surface area contributed by atoms with Crippen LogP contribution in [0, 0.1) is 0 Å². The van der Waals surface area contributed by atoms with Crippen LogP contribution in [0.3, 0.4) is 0 Å². The fourth-order valence-corrected chi connectivity index (χ4v) is 3.03. The molecule has 15 heavy (non-hydrogen) atoms. The van der Waals surface area contributed by atoms with Gasteiger partial charge in [0.15, 0.2) is 0 Å². The van der Waals surface area contributed by atoms with Gasteiger partial charge in [-0.3, -0.25) is 0 Å². The van der Waals surface area contributed by atoms with Gasteiger partial charge in [0.05, 0.1) is 0 Å². The summed E-state index contributed by atoms with van der Waals surface area (Å²) in [5.41, 5.74) is 0. The van der Waals surface area contributed by atoms with E-state index in [1.165, 1.54) is 24.3 Å². The lowest BCUT2D eigenvalue weighted by Gasteiger charge is -2.24. The molecule has 2 rings (SSSR count). The summed E-state index contributed by atoms with van der Waals surface area (Å²) in [7, 11) is 0. The maximum atomic E-state index is 4.37. The highest BCUT2D eigenvalue weighted by molar-refractivity contribution is 7.99. The molecule has 0 spiro atoms. The number of nitrogens with zero attached hydrogens (tertiary/aromatic N) is 2. The van der Waals surface area contributed by atoms with Crippen LogP contribution in [0.15, 0.2) is 12.4 Å². The van der Waals surface area contributed by atoms with Crippen molar-refractivity contribution in [1.29, 1.82) is 0 Å². The second-order valence-electron chi connectivity index (χ2n) is 3.93. The van der Waals surface area contributed by atoms with Crippen LogP contribution in [0.2, 0.25) is 0 Å². The number of aromatic nitrogens is 2. The Kier molecular flexibility index (Phi) is 3.94. The third kappa shape index (κ3) is 2.68. The maximum Gasteiger partial charge on any atom is 0.203 e. The molecule has 2 heterocycles. The molecule has 1 fully saturated rings. The van der Waals surface area contributed by atoms with Gasteiger partial charge in [-0.05, 0) is 30.8 Å². The van der Waals surface area contributed by atoms with Crippen LogP contribution in [0.4, 0.5) is 5.95 Å². The topological polar surface area (TPSA) is 29.9 Å². The summed E-state index contributed by atoms with van der Waals surface area (Å²) >= 11 is 2.07. The molecular formula is C11H19N3S. The zero-order valence-electron chi connectivity index (χ0n) is 9.28. The van der Waals surface area contributed by atoms with Gasteiger partial charge in [0.1, 0.15) is 0 Å². The van der Waals surface area contributed by atoms with Crippen molar-refractivity contribution < 1.29 is 0 Å². The Hall–Kier alpha value is -0.640. The van der Waals surface area contributed by atoms with Crippen molar-refractivity contribution in [3.63, 3.8) is 0 Å². The third-order valence-corrected chi connectivity index (χ3v) is 3.83. The zero-order valence-corrected chi connectivity index (χ0v) is 10.1. The SMILES string of the molecule is CCCNc1nccn1C1CCSCC1. The molecule has 3 nitrogen and oxygen atoms in total. The molecule has 1 aliphatic heterocycles. The molecule has 1 N–H and O–H groups in total. The van der Waals surface area contributed by atoms with Crippen molar-refractivity contribution in [2.24, 2.45) is 0 Å². The summed E-state index contributed by atoms with van der Waals surface area (Å²) in [5.74, 6) is 3.63. The monoisotopic (exact) mass is 225 g/mol. The number of imidazole rings is 1. The number of nitrogens with one attached hydrogen (secondary N) is 1. The van der Waals surface area contributed by atoms with Gasteiger partial charge in [0.2, 0.25) is 5.95 Å². The molecule has 0 bridgehead atoms. The van der Waals surface area contributed by atoms with Crippen LogP contribution in [-0.4, -0.2) is 27.6 Å². The van der Waals surface area contributed by atoms with E-state index in [-0.39, 0.29) is 0 Å². The second-order valence-corrected chi connectivity index (χ2v) is 5.15. The van der Waals surface area contributed by atoms with Crippen LogP contribution in [0.25, 0.3) is 0 Å². The first-order valence-electron chi connectivity index (χ1n) is 5.76. The van der Waals surface area contributed by atoms with Crippen molar-refractivity contribution in [3.8, 4) is 0 Å². The van der Waals surface area contributed by atoms with Gasteiger partial charge in [-0.15, -0.1) is 0 Å². The van der Waals surface area contributed by atoms with E-state index < -0.39 is 0 Å². The fourth-order valence-electron chi connectivity index (χ4n) is 1.94. The Morgan fingerprint density at radius 1 is 1.53 bits per heavy atom. The Morgan fingerprint density at radius 2 is 2.33 bits per heavy atom. The number of hydrogen-bond donors (Lipinski definition) is 1. The fraction of sp³-hybridized carbons (Fsp3) is 0.727. The molecule has 1 aliphatic rings. The Labute approximate surface area is 95.7 Å². The van der Waals surface area contributed by atoms with Crippen molar-refractivity contribution >= 4 is 17.7 Å². The average molecular weight is 225 g/mol. The zero-order chi connectivity index (χ0) is 10.5. The van der Waals surface area contributed by atoms with Gasteiger partial charge in [0, 0.05) is 25.0 Å². The largest absolute Gasteiger partial charge is 0.356 e. The highest BCUT2D eigenvalue weighted by atomic mass is 32.2. The molecule has 0 saturated carbocycles. The average Bonchev–Trinajstić information content (AvgIpc) is 2.75. The predicted octanol–water partition coefficient (Wildman–Crippen LogP) is 2.77. The normalized spacial score (nSPS) is 17.9. The molecule has 1 saturated heterocycles. The lowest BCUT2D eigenvalue weighted by Crippen LogP contribution is -2.17. The van der Waals surface area contributed by atoms with E-state index in [0.717, 1.165) is 18.9 Å². The number of hydrogen-bond acceptors (Lipinski definition) is 3. The quantitative estimate of drug-likeness (QED) is 0.854. The van der Waals surface area contributed by atoms with Crippen molar-refractivity contribution in [3.05, 3.63) is 12.4 Å². The Morgan fingerprint density at radius 3 is 3.07 bits per heavy atom. The summed E-state index contributed by atoms with van der Waals surface area (Å²) in [6.07, 6.45) is 7.72. The standard InChI is InChI=1S/C11H19N3S/c1-2-5-12-11-13-6-7-14(11)10-3-8-15-9-4-10/h6-7,10H,2-5,8-9H2,1H3,(H,12,13). The summed E-state index contributed by atoms with van der Waals surface area (Å²) in [6, 6.07) is 0.660. The minimum atomic E-state index is 0.660. The lowest BCUT2D eigenvalue weighted by molar-refractivity contribution is 0.473. The summed E-state index contributed by atoms with van der Waals surface area (Å²) in [4.78, 5) is 4.37. The number of rotatable bonds is 4. The Bertz CT molecular complexity index is 292. The summed E-state index contributed by atoms with van der Waals surface area (Å²) in [5, 5.41) is 3.39. The van der Waals surface area contributed by atoms with E-state index in [1.807, 2.05) is 6.20 Å². The summed E-state index contributed by atoms with van der Waals surface area (Å²) in [6.45, 7) is 3.19. The van der Waals surface area contributed by atoms with Crippen molar-refractivity contribution in [2.45, 2.75) is 32.2 Å². The molecule has 4 heteroatoms. The number of anilines is 1. The van der Waals surface area contributed by atoms with Crippen molar-refractivity contribution in [1.82, 2.24) is 9.55 Å². The first-order chi connectivity index (χ1) is 7.42. The molecule has 0 radical (unpaired) electrons. The smallest absolute Gasteiger partial charge is 0.203 e. The lowest BCUT2D eigenvalue weighted by atomic mass is 10.1.